The van der Waals surface area contributed by atoms with Gasteiger partial charge >= 0.3 is 0 Å². The van der Waals surface area contributed by atoms with Crippen LogP contribution in [0.3, 0.4) is 0 Å². The predicted molar refractivity (Wildman–Crippen MR) is 78.4 cm³/mol. The lowest BCUT2D eigenvalue weighted by molar-refractivity contribution is 0.815. The molecule has 96 valence electrons. The molecule has 20 heavy (non-hydrogen) atoms. The zero-order valence-electron chi connectivity index (χ0n) is 10.8. The fourth-order valence-corrected chi connectivity index (χ4v) is 2.43. The normalized spacial score (nSPS) is 11.2. The van der Waals surface area contributed by atoms with Crippen LogP contribution in [0.25, 0.3) is 22.1 Å². The van der Waals surface area contributed by atoms with Gasteiger partial charge in [-0.2, -0.15) is 0 Å². The van der Waals surface area contributed by atoms with Gasteiger partial charge in [0.2, 0.25) is 0 Å². The summed E-state index contributed by atoms with van der Waals surface area (Å²) in [7, 11) is 0. The lowest BCUT2D eigenvalue weighted by Crippen LogP contribution is -1.99. The Hall–Kier alpha value is -2.75. The number of imidazole rings is 1. The molecule has 0 bridgehead atoms. The molecule has 0 aliphatic rings. The first-order chi connectivity index (χ1) is 9.90. The molecule has 4 aromatic rings. The van der Waals surface area contributed by atoms with Crippen molar-refractivity contribution in [2.24, 2.45) is 0 Å². The van der Waals surface area contributed by atoms with Gasteiger partial charge in [0.15, 0.2) is 5.65 Å². The second kappa shape index (κ2) is 4.42. The maximum Gasteiger partial charge on any atom is 0.160 e. The number of hydrogen-bond donors (Lipinski definition) is 0. The van der Waals surface area contributed by atoms with Crippen molar-refractivity contribution >= 4 is 22.1 Å². The van der Waals surface area contributed by atoms with Crippen molar-refractivity contribution in [2.75, 3.05) is 0 Å². The van der Waals surface area contributed by atoms with E-state index >= 15 is 0 Å². The number of rotatable bonds is 2. The van der Waals surface area contributed by atoms with Crippen LogP contribution in [0.4, 0.5) is 0 Å². The van der Waals surface area contributed by atoms with Gasteiger partial charge in [-0.1, -0.05) is 12.1 Å². The summed E-state index contributed by atoms with van der Waals surface area (Å²) >= 11 is 0. The van der Waals surface area contributed by atoms with Crippen molar-refractivity contribution in [3.63, 3.8) is 0 Å². The number of benzene rings is 1. The van der Waals surface area contributed by atoms with E-state index in [4.69, 9.17) is 0 Å². The van der Waals surface area contributed by atoms with Crippen molar-refractivity contribution in [3.05, 3.63) is 66.7 Å². The van der Waals surface area contributed by atoms with Crippen LogP contribution >= 0.6 is 0 Å². The SMILES string of the molecule is c1cnc2ccc(Cn3cnc4cccnc43)cc2c1. The molecular weight excluding hydrogens is 248 g/mol. The van der Waals surface area contributed by atoms with E-state index in [0.29, 0.717) is 0 Å². The van der Waals surface area contributed by atoms with Gasteiger partial charge < -0.3 is 4.57 Å². The molecule has 3 heterocycles. The highest BCUT2D eigenvalue weighted by atomic mass is 15.1. The van der Waals surface area contributed by atoms with Gasteiger partial charge in [-0.05, 0) is 35.9 Å². The maximum absolute atomic E-state index is 4.39. The van der Waals surface area contributed by atoms with E-state index in [-0.39, 0.29) is 0 Å². The Balaban J connectivity index is 1.76. The van der Waals surface area contributed by atoms with E-state index in [1.165, 1.54) is 5.56 Å². The molecule has 1 aromatic carbocycles. The van der Waals surface area contributed by atoms with Crippen molar-refractivity contribution in [1.29, 1.82) is 0 Å². The Morgan fingerprint density at radius 2 is 1.75 bits per heavy atom. The number of hydrogen-bond acceptors (Lipinski definition) is 3. The van der Waals surface area contributed by atoms with Gasteiger partial charge in [-0.3, -0.25) is 4.98 Å². The van der Waals surface area contributed by atoms with Crippen molar-refractivity contribution in [1.82, 2.24) is 19.5 Å². The molecule has 0 N–H and O–H groups in total. The van der Waals surface area contributed by atoms with Gasteiger partial charge in [0, 0.05) is 17.8 Å². The summed E-state index contributed by atoms with van der Waals surface area (Å²) in [6.07, 6.45) is 5.45. The van der Waals surface area contributed by atoms with Crippen LogP contribution in [-0.2, 0) is 6.54 Å². The largest absolute Gasteiger partial charge is 0.311 e. The fraction of sp³-hybridized carbons (Fsp3) is 0.0625. The Morgan fingerprint density at radius 3 is 2.75 bits per heavy atom. The molecule has 0 saturated heterocycles. The van der Waals surface area contributed by atoms with Crippen LogP contribution in [0.5, 0.6) is 0 Å². The van der Waals surface area contributed by atoms with Gasteiger partial charge in [0.1, 0.15) is 5.52 Å². The van der Waals surface area contributed by atoms with Crippen LogP contribution in [0.2, 0.25) is 0 Å². The second-order valence-corrected chi connectivity index (χ2v) is 4.75. The third-order valence-electron chi connectivity index (χ3n) is 3.39. The molecule has 4 heteroatoms. The maximum atomic E-state index is 4.39. The monoisotopic (exact) mass is 260 g/mol. The predicted octanol–water partition coefficient (Wildman–Crippen LogP) is 3.03. The van der Waals surface area contributed by atoms with E-state index in [0.717, 1.165) is 28.6 Å². The molecule has 0 aliphatic heterocycles. The molecule has 4 nitrogen and oxygen atoms in total. The van der Waals surface area contributed by atoms with Gasteiger partial charge in [-0.15, -0.1) is 0 Å². The first kappa shape index (κ1) is 11.1. The number of pyridine rings is 2. The fourth-order valence-electron chi connectivity index (χ4n) is 2.43. The summed E-state index contributed by atoms with van der Waals surface area (Å²) in [5.74, 6) is 0. The lowest BCUT2D eigenvalue weighted by atomic mass is 10.1. The van der Waals surface area contributed by atoms with Gasteiger partial charge in [0.05, 0.1) is 18.4 Å². The molecule has 0 aliphatic carbocycles. The van der Waals surface area contributed by atoms with E-state index in [1.807, 2.05) is 30.7 Å². The summed E-state index contributed by atoms with van der Waals surface area (Å²) in [6, 6.07) is 14.2. The van der Waals surface area contributed by atoms with Crippen molar-refractivity contribution in [2.45, 2.75) is 6.54 Å². The lowest BCUT2D eigenvalue weighted by Gasteiger charge is -2.05. The minimum absolute atomic E-state index is 0.762. The Kier molecular flexibility index (Phi) is 2.45. The quantitative estimate of drug-likeness (QED) is 0.556. The van der Waals surface area contributed by atoms with Gasteiger partial charge in [0.25, 0.3) is 0 Å². The highest BCUT2D eigenvalue weighted by Crippen LogP contribution is 2.16. The highest BCUT2D eigenvalue weighted by molar-refractivity contribution is 5.79. The molecule has 0 spiro atoms. The molecule has 4 rings (SSSR count). The zero-order chi connectivity index (χ0) is 13.4. The Labute approximate surface area is 115 Å². The van der Waals surface area contributed by atoms with Crippen LogP contribution in [0, 0.1) is 0 Å². The summed E-state index contributed by atoms with van der Waals surface area (Å²) in [6.45, 7) is 0.762. The third-order valence-corrected chi connectivity index (χ3v) is 3.39. The van der Waals surface area contributed by atoms with E-state index in [2.05, 4.69) is 43.8 Å². The molecule has 0 atom stereocenters. The molecular formula is C16H12N4. The summed E-state index contributed by atoms with van der Waals surface area (Å²) in [5.41, 5.74) is 4.08. The zero-order valence-corrected chi connectivity index (χ0v) is 10.8. The summed E-state index contributed by atoms with van der Waals surface area (Å²) < 4.78 is 2.06. The standard InChI is InChI=1S/C16H12N4/c1-3-13-9-12(5-6-14(13)17-7-1)10-20-11-19-15-4-2-8-18-16(15)20/h1-9,11H,10H2. The molecule has 0 saturated carbocycles. The van der Waals surface area contributed by atoms with Crippen LogP contribution in [0.1, 0.15) is 5.56 Å². The minimum Gasteiger partial charge on any atom is -0.311 e. The Morgan fingerprint density at radius 1 is 0.850 bits per heavy atom. The third kappa shape index (κ3) is 1.82. The molecule has 0 fully saturated rings. The number of aromatic nitrogens is 4. The topological polar surface area (TPSA) is 43.6 Å². The summed E-state index contributed by atoms with van der Waals surface area (Å²) in [4.78, 5) is 13.1. The van der Waals surface area contributed by atoms with Crippen molar-refractivity contribution in [3.8, 4) is 0 Å². The van der Waals surface area contributed by atoms with Crippen LogP contribution in [0.15, 0.2) is 61.2 Å². The molecule has 3 aromatic heterocycles. The summed E-state index contributed by atoms with van der Waals surface area (Å²) in [5, 5.41) is 1.15. The van der Waals surface area contributed by atoms with Crippen molar-refractivity contribution < 1.29 is 0 Å². The first-order valence-electron chi connectivity index (χ1n) is 6.50. The average Bonchev–Trinajstić information content (AvgIpc) is 2.91. The Bertz CT molecular complexity index is 895. The molecule has 0 radical (unpaired) electrons. The first-order valence-corrected chi connectivity index (χ1v) is 6.50. The molecule has 0 amide bonds. The smallest absolute Gasteiger partial charge is 0.160 e. The second-order valence-electron chi connectivity index (χ2n) is 4.75. The molecule has 0 unspecified atom stereocenters. The van der Waals surface area contributed by atoms with Crippen LogP contribution in [-0.4, -0.2) is 19.5 Å². The highest BCUT2D eigenvalue weighted by Gasteiger charge is 2.04. The minimum atomic E-state index is 0.762. The average molecular weight is 260 g/mol. The van der Waals surface area contributed by atoms with E-state index in [1.54, 1.807) is 6.20 Å². The van der Waals surface area contributed by atoms with E-state index < -0.39 is 0 Å². The number of fused-ring (bicyclic) bond motifs is 2. The van der Waals surface area contributed by atoms with E-state index in [9.17, 15) is 0 Å². The number of nitrogens with zero attached hydrogens (tertiary/aromatic N) is 4. The van der Waals surface area contributed by atoms with Gasteiger partial charge in [-0.25, -0.2) is 9.97 Å². The van der Waals surface area contributed by atoms with Crippen LogP contribution < -0.4 is 0 Å².